The summed E-state index contributed by atoms with van der Waals surface area (Å²) >= 11 is 1.23. The fraction of sp³-hybridized carbons (Fsp3) is 0.571. The van der Waals surface area contributed by atoms with Crippen LogP contribution in [-0.2, 0) is 0 Å². The molecule has 6 nitrogen and oxygen atoms in total. The van der Waals surface area contributed by atoms with E-state index in [0.29, 0.717) is 28.9 Å². The Labute approximate surface area is 129 Å². The van der Waals surface area contributed by atoms with Crippen LogP contribution in [-0.4, -0.2) is 31.4 Å². The highest BCUT2D eigenvalue weighted by molar-refractivity contribution is 7.19. The Morgan fingerprint density at radius 1 is 1.33 bits per heavy atom. The molecule has 2 amide bonds. The van der Waals surface area contributed by atoms with Crippen molar-refractivity contribution in [2.45, 2.75) is 27.7 Å². The van der Waals surface area contributed by atoms with Gasteiger partial charge in [0.1, 0.15) is 9.88 Å². The Morgan fingerprint density at radius 2 is 1.95 bits per heavy atom. The summed E-state index contributed by atoms with van der Waals surface area (Å²) in [5, 5.41) is 3.38. The van der Waals surface area contributed by atoms with Gasteiger partial charge in [-0.25, -0.2) is 0 Å². The molecule has 0 atom stereocenters. The predicted octanol–water partition coefficient (Wildman–Crippen LogP) is 1.66. The van der Waals surface area contributed by atoms with Crippen molar-refractivity contribution >= 4 is 33.8 Å². The van der Waals surface area contributed by atoms with Crippen LogP contribution in [0.5, 0.6) is 0 Å². The molecule has 0 saturated heterocycles. The van der Waals surface area contributed by atoms with Crippen molar-refractivity contribution in [3.8, 4) is 0 Å². The van der Waals surface area contributed by atoms with E-state index < -0.39 is 5.91 Å². The van der Waals surface area contributed by atoms with E-state index in [9.17, 15) is 9.59 Å². The van der Waals surface area contributed by atoms with Crippen molar-refractivity contribution in [3.05, 3.63) is 10.4 Å². The third-order valence-corrected chi connectivity index (χ3v) is 4.24. The van der Waals surface area contributed by atoms with E-state index in [1.165, 1.54) is 11.3 Å². The van der Waals surface area contributed by atoms with Crippen LogP contribution in [0.1, 0.15) is 47.7 Å². The number of carbonyl (C=O) groups is 2. The second-order valence-electron chi connectivity index (χ2n) is 5.18. The van der Waals surface area contributed by atoms with E-state index in [0.717, 1.165) is 6.54 Å². The summed E-state index contributed by atoms with van der Waals surface area (Å²) in [4.78, 5) is 26.2. The summed E-state index contributed by atoms with van der Waals surface area (Å²) in [7, 11) is 0. The molecule has 1 heterocycles. The maximum atomic E-state index is 12.0. The highest BCUT2D eigenvalue weighted by Gasteiger charge is 2.26. The van der Waals surface area contributed by atoms with Crippen molar-refractivity contribution < 1.29 is 9.59 Å². The molecule has 0 radical (unpaired) electrons. The number of rotatable bonds is 7. The van der Waals surface area contributed by atoms with Gasteiger partial charge in [-0.3, -0.25) is 9.59 Å². The summed E-state index contributed by atoms with van der Waals surface area (Å²) in [6.07, 6.45) is 0. The highest BCUT2D eigenvalue weighted by Crippen LogP contribution is 2.38. The summed E-state index contributed by atoms with van der Waals surface area (Å²) in [5.41, 5.74) is 11.9. The first-order chi connectivity index (χ1) is 9.83. The number of amides is 2. The minimum atomic E-state index is -0.600. The van der Waals surface area contributed by atoms with Crippen LogP contribution in [0.2, 0.25) is 0 Å². The van der Waals surface area contributed by atoms with E-state index in [-0.39, 0.29) is 17.2 Å². The zero-order valence-corrected chi connectivity index (χ0v) is 13.8. The highest BCUT2D eigenvalue weighted by atomic mass is 32.1. The van der Waals surface area contributed by atoms with Gasteiger partial charge in [0.15, 0.2) is 0 Å². The number of nitrogen functional groups attached to an aromatic ring is 1. The molecule has 0 fully saturated rings. The normalized spacial score (nSPS) is 10.7. The van der Waals surface area contributed by atoms with Crippen LogP contribution >= 0.6 is 11.3 Å². The fourth-order valence-electron chi connectivity index (χ4n) is 2.10. The van der Waals surface area contributed by atoms with Crippen molar-refractivity contribution in [2.75, 3.05) is 30.3 Å². The van der Waals surface area contributed by atoms with Gasteiger partial charge in [0.05, 0.1) is 11.3 Å². The second-order valence-corrected chi connectivity index (χ2v) is 6.18. The molecule has 1 aromatic heterocycles. The minimum Gasteiger partial charge on any atom is -0.397 e. The summed E-state index contributed by atoms with van der Waals surface area (Å²) < 4.78 is 0. The first-order valence-electron chi connectivity index (χ1n) is 7.08. The molecule has 118 valence electrons. The van der Waals surface area contributed by atoms with Gasteiger partial charge in [-0.2, -0.15) is 0 Å². The molecule has 0 unspecified atom stereocenters. The monoisotopic (exact) mass is 312 g/mol. The standard InChI is InChI=1S/C14H24N4O2S/c1-5-17-13(20)11-10(15)9(12(16)19)14(21-11)18(6-2)7-8(3)4/h8H,5-7,15H2,1-4H3,(H2,16,19)(H,17,20). The SMILES string of the molecule is CCNC(=O)c1sc(N(CC)CC(C)C)c(C(N)=O)c1N. The molecular weight excluding hydrogens is 288 g/mol. The predicted molar refractivity (Wildman–Crippen MR) is 88.0 cm³/mol. The lowest BCUT2D eigenvalue weighted by atomic mass is 10.1. The van der Waals surface area contributed by atoms with Crippen LogP contribution in [0.15, 0.2) is 0 Å². The zero-order valence-electron chi connectivity index (χ0n) is 13.0. The number of nitrogens with zero attached hydrogens (tertiary/aromatic N) is 1. The van der Waals surface area contributed by atoms with Crippen molar-refractivity contribution in [1.82, 2.24) is 5.32 Å². The minimum absolute atomic E-state index is 0.177. The number of anilines is 2. The largest absolute Gasteiger partial charge is 0.397 e. The number of carbonyl (C=O) groups excluding carboxylic acids is 2. The number of nitrogens with two attached hydrogens (primary N) is 2. The lowest BCUT2D eigenvalue weighted by Gasteiger charge is -2.24. The third kappa shape index (κ3) is 3.87. The van der Waals surface area contributed by atoms with Gasteiger partial charge >= 0.3 is 0 Å². The van der Waals surface area contributed by atoms with Crippen molar-refractivity contribution in [3.63, 3.8) is 0 Å². The van der Waals surface area contributed by atoms with E-state index in [1.807, 2.05) is 18.7 Å². The molecule has 0 bridgehead atoms. The first-order valence-corrected chi connectivity index (χ1v) is 7.90. The van der Waals surface area contributed by atoms with E-state index in [2.05, 4.69) is 19.2 Å². The van der Waals surface area contributed by atoms with Gasteiger partial charge in [-0.1, -0.05) is 13.8 Å². The van der Waals surface area contributed by atoms with Crippen molar-refractivity contribution in [2.24, 2.45) is 11.7 Å². The molecule has 5 N–H and O–H groups in total. The van der Waals surface area contributed by atoms with Crippen molar-refractivity contribution in [1.29, 1.82) is 0 Å². The van der Waals surface area contributed by atoms with E-state index in [1.54, 1.807) is 0 Å². The van der Waals surface area contributed by atoms with Gasteiger partial charge in [-0.05, 0) is 19.8 Å². The molecule has 0 aliphatic carbocycles. The Hall–Kier alpha value is -1.76. The zero-order chi connectivity index (χ0) is 16.2. The number of nitrogens with one attached hydrogen (secondary N) is 1. The Balaban J connectivity index is 3.33. The number of hydrogen-bond acceptors (Lipinski definition) is 5. The second kappa shape index (κ2) is 7.31. The van der Waals surface area contributed by atoms with Gasteiger partial charge in [-0.15, -0.1) is 11.3 Å². The molecule has 1 aromatic rings. The molecule has 0 aliphatic rings. The van der Waals surface area contributed by atoms with Gasteiger partial charge < -0.3 is 21.7 Å². The van der Waals surface area contributed by atoms with Crippen LogP contribution in [0, 0.1) is 5.92 Å². The summed E-state index contributed by atoms with van der Waals surface area (Å²) in [5.74, 6) is -0.451. The maximum absolute atomic E-state index is 12.0. The fourth-order valence-corrected chi connectivity index (χ4v) is 3.31. The molecular formula is C14H24N4O2S. The molecule has 0 spiro atoms. The molecule has 0 saturated carbocycles. The van der Waals surface area contributed by atoms with Gasteiger partial charge in [0.25, 0.3) is 11.8 Å². The number of thiophene rings is 1. The Bertz CT molecular complexity index is 525. The van der Waals surface area contributed by atoms with E-state index >= 15 is 0 Å². The van der Waals surface area contributed by atoms with Gasteiger partial charge in [0.2, 0.25) is 0 Å². The van der Waals surface area contributed by atoms with Crippen LogP contribution in [0.4, 0.5) is 10.7 Å². The molecule has 0 aliphatic heterocycles. The quantitative estimate of drug-likeness (QED) is 0.712. The van der Waals surface area contributed by atoms with Crippen LogP contribution in [0.3, 0.4) is 0 Å². The maximum Gasteiger partial charge on any atom is 0.263 e. The smallest absolute Gasteiger partial charge is 0.263 e. The Kier molecular flexibility index (Phi) is 6.02. The number of hydrogen-bond donors (Lipinski definition) is 3. The Morgan fingerprint density at radius 3 is 2.38 bits per heavy atom. The molecule has 21 heavy (non-hydrogen) atoms. The average molecular weight is 312 g/mol. The third-order valence-electron chi connectivity index (χ3n) is 2.97. The first kappa shape index (κ1) is 17.3. The summed E-state index contributed by atoms with van der Waals surface area (Å²) in [6, 6.07) is 0. The molecule has 0 aromatic carbocycles. The van der Waals surface area contributed by atoms with E-state index in [4.69, 9.17) is 11.5 Å². The van der Waals surface area contributed by atoms with Gasteiger partial charge in [0, 0.05) is 19.6 Å². The number of primary amides is 1. The average Bonchev–Trinajstić information content (AvgIpc) is 2.73. The lowest BCUT2D eigenvalue weighted by molar-refractivity contribution is 0.0960. The lowest BCUT2D eigenvalue weighted by Crippen LogP contribution is -2.28. The summed E-state index contributed by atoms with van der Waals surface area (Å²) in [6.45, 7) is 9.99. The topological polar surface area (TPSA) is 101 Å². The molecule has 1 rings (SSSR count). The molecule has 7 heteroatoms. The van der Waals surface area contributed by atoms with Crippen LogP contribution < -0.4 is 21.7 Å². The van der Waals surface area contributed by atoms with Crippen LogP contribution in [0.25, 0.3) is 0 Å².